The zero-order chi connectivity index (χ0) is 5.98. The number of hydrogen-bond acceptors (Lipinski definition) is 4. The second-order valence-electron chi connectivity index (χ2n) is 1.14. The summed E-state index contributed by atoms with van der Waals surface area (Å²) in [5, 5.41) is 9.41. The fraction of sp³-hybridized carbons (Fsp3) is 0.500. The highest BCUT2D eigenvalue weighted by Gasteiger charge is 1.84. The van der Waals surface area contributed by atoms with Crippen LogP contribution in [0, 0.1) is 4.77 Å². The Balaban J connectivity index is 3.11. The summed E-state index contributed by atoms with van der Waals surface area (Å²) in [6.07, 6.45) is 0. The molecule has 8 heavy (non-hydrogen) atoms. The maximum Gasteiger partial charge on any atom is 0.258 e. The minimum Gasteiger partial charge on any atom is -0.311 e. The second kappa shape index (κ2) is 1.91. The lowest BCUT2D eigenvalue weighted by atomic mass is 11.3. The molecule has 0 aromatic carbocycles. The van der Waals surface area contributed by atoms with E-state index in [1.165, 1.54) is 4.79 Å². The monoisotopic (exact) mass is 131 g/mol. The number of rotatable bonds is 1. The van der Waals surface area contributed by atoms with Crippen molar-refractivity contribution in [2.24, 2.45) is 0 Å². The van der Waals surface area contributed by atoms with Crippen molar-refractivity contribution >= 4 is 12.2 Å². The van der Waals surface area contributed by atoms with Crippen LogP contribution in [-0.4, -0.2) is 27.4 Å². The SMILES string of the molecule is CNn1[nH]nnc1=S. The number of aromatic nitrogens is 4. The Morgan fingerprint density at radius 3 is 2.88 bits per heavy atom. The lowest BCUT2D eigenvalue weighted by Crippen LogP contribution is -2.10. The van der Waals surface area contributed by atoms with Crippen LogP contribution in [0.5, 0.6) is 0 Å². The summed E-state index contributed by atoms with van der Waals surface area (Å²) >= 11 is 4.68. The van der Waals surface area contributed by atoms with Crippen LogP contribution in [0.1, 0.15) is 0 Å². The van der Waals surface area contributed by atoms with Gasteiger partial charge in [-0.1, -0.05) is 5.10 Å². The van der Waals surface area contributed by atoms with Crippen LogP contribution in [0.2, 0.25) is 0 Å². The molecule has 0 saturated heterocycles. The molecule has 0 aliphatic carbocycles. The van der Waals surface area contributed by atoms with Gasteiger partial charge >= 0.3 is 0 Å². The van der Waals surface area contributed by atoms with E-state index in [2.05, 4.69) is 33.2 Å². The summed E-state index contributed by atoms with van der Waals surface area (Å²) in [7, 11) is 1.72. The van der Waals surface area contributed by atoms with E-state index in [1.54, 1.807) is 7.05 Å². The number of aromatic amines is 1. The second-order valence-corrected chi connectivity index (χ2v) is 1.51. The molecular weight excluding hydrogens is 126 g/mol. The van der Waals surface area contributed by atoms with Gasteiger partial charge in [0.2, 0.25) is 0 Å². The van der Waals surface area contributed by atoms with Crippen LogP contribution < -0.4 is 5.43 Å². The maximum atomic E-state index is 4.68. The highest BCUT2D eigenvalue weighted by Crippen LogP contribution is 1.72. The minimum atomic E-state index is 0.396. The van der Waals surface area contributed by atoms with Crippen LogP contribution >= 0.6 is 12.2 Å². The zero-order valence-electron chi connectivity index (χ0n) is 4.25. The van der Waals surface area contributed by atoms with Gasteiger partial charge in [-0.2, -0.15) is 10.0 Å². The molecule has 0 radical (unpaired) electrons. The standard InChI is InChI=1S/C2H5N5S/c1-3-7-2(8)4-5-6-7/h3H,1H3,(H,4,6,8). The third-order valence-electron chi connectivity index (χ3n) is 0.695. The van der Waals surface area contributed by atoms with Gasteiger partial charge in [0.15, 0.2) is 0 Å². The first-order chi connectivity index (χ1) is 3.84. The van der Waals surface area contributed by atoms with Gasteiger partial charge in [0.1, 0.15) is 0 Å². The predicted molar refractivity (Wildman–Crippen MR) is 30.5 cm³/mol. The Kier molecular flexibility index (Phi) is 1.25. The van der Waals surface area contributed by atoms with Crippen LogP contribution in [-0.2, 0) is 0 Å². The Bertz CT molecular complexity index is 210. The topological polar surface area (TPSA) is 58.5 Å². The molecule has 44 valence electrons. The van der Waals surface area contributed by atoms with Crippen molar-refractivity contribution in [3.05, 3.63) is 4.77 Å². The summed E-state index contributed by atoms with van der Waals surface area (Å²) in [6.45, 7) is 0. The number of H-pyrrole nitrogens is 1. The van der Waals surface area contributed by atoms with E-state index in [9.17, 15) is 0 Å². The van der Waals surface area contributed by atoms with Gasteiger partial charge in [0.05, 0.1) is 0 Å². The Morgan fingerprint density at radius 1 is 1.88 bits per heavy atom. The summed E-state index contributed by atoms with van der Waals surface area (Å²) in [5.74, 6) is 0. The molecule has 1 aromatic heterocycles. The van der Waals surface area contributed by atoms with Gasteiger partial charge in [0.25, 0.3) is 4.77 Å². The Hall–Kier alpha value is -0.910. The van der Waals surface area contributed by atoms with E-state index in [1.807, 2.05) is 0 Å². The van der Waals surface area contributed by atoms with Gasteiger partial charge in [-0.3, -0.25) is 0 Å². The summed E-state index contributed by atoms with van der Waals surface area (Å²) in [6, 6.07) is 0. The molecule has 0 aliphatic heterocycles. The van der Waals surface area contributed by atoms with Crippen molar-refractivity contribution in [3.63, 3.8) is 0 Å². The summed E-state index contributed by atoms with van der Waals surface area (Å²) < 4.78 is 0.396. The molecule has 0 amide bonds. The molecule has 0 bridgehead atoms. The molecule has 5 nitrogen and oxygen atoms in total. The zero-order valence-corrected chi connectivity index (χ0v) is 5.07. The van der Waals surface area contributed by atoms with E-state index in [4.69, 9.17) is 0 Å². The van der Waals surface area contributed by atoms with E-state index in [0.717, 1.165) is 0 Å². The third-order valence-corrected chi connectivity index (χ3v) is 0.959. The smallest absolute Gasteiger partial charge is 0.258 e. The first kappa shape index (κ1) is 5.23. The van der Waals surface area contributed by atoms with E-state index in [-0.39, 0.29) is 0 Å². The summed E-state index contributed by atoms with van der Waals surface area (Å²) in [5.41, 5.74) is 2.71. The number of nitrogens with one attached hydrogen (secondary N) is 2. The highest BCUT2D eigenvalue weighted by molar-refractivity contribution is 7.71. The van der Waals surface area contributed by atoms with Crippen molar-refractivity contribution in [3.8, 4) is 0 Å². The number of nitrogens with zero attached hydrogens (tertiary/aromatic N) is 3. The number of hydrogen-bond donors (Lipinski definition) is 2. The molecule has 0 fully saturated rings. The van der Waals surface area contributed by atoms with Crippen molar-refractivity contribution < 1.29 is 0 Å². The molecule has 1 aromatic rings. The van der Waals surface area contributed by atoms with Gasteiger partial charge in [-0.05, 0) is 17.4 Å². The molecule has 1 heterocycles. The van der Waals surface area contributed by atoms with Crippen LogP contribution in [0.15, 0.2) is 0 Å². The van der Waals surface area contributed by atoms with Gasteiger partial charge in [-0.25, -0.2) is 0 Å². The highest BCUT2D eigenvalue weighted by atomic mass is 32.1. The van der Waals surface area contributed by atoms with Crippen LogP contribution in [0.4, 0.5) is 0 Å². The van der Waals surface area contributed by atoms with E-state index in [0.29, 0.717) is 4.77 Å². The normalized spacial score (nSPS) is 9.12. The van der Waals surface area contributed by atoms with Crippen molar-refractivity contribution in [1.29, 1.82) is 0 Å². The average molecular weight is 131 g/mol. The minimum absolute atomic E-state index is 0.396. The van der Waals surface area contributed by atoms with E-state index >= 15 is 0 Å². The predicted octanol–water partition coefficient (Wildman–Crippen LogP) is -0.491. The van der Waals surface area contributed by atoms with Gasteiger partial charge in [-0.15, -0.1) is 0 Å². The molecule has 0 spiro atoms. The van der Waals surface area contributed by atoms with Crippen molar-refractivity contribution in [2.45, 2.75) is 0 Å². The molecule has 0 unspecified atom stereocenters. The lowest BCUT2D eigenvalue weighted by molar-refractivity contribution is 0.718. The molecule has 0 aliphatic rings. The third kappa shape index (κ3) is 0.692. The Labute approximate surface area is 50.7 Å². The molecule has 0 saturated carbocycles. The first-order valence-electron chi connectivity index (χ1n) is 2.02. The fourth-order valence-corrected chi connectivity index (χ4v) is 0.516. The maximum absolute atomic E-state index is 4.68. The quantitative estimate of drug-likeness (QED) is 0.505. The van der Waals surface area contributed by atoms with Crippen molar-refractivity contribution in [2.75, 3.05) is 12.5 Å². The number of tetrazole rings is 1. The van der Waals surface area contributed by atoms with E-state index < -0.39 is 0 Å². The van der Waals surface area contributed by atoms with Gasteiger partial charge < -0.3 is 5.43 Å². The average Bonchev–Trinajstić information content (AvgIpc) is 2.14. The van der Waals surface area contributed by atoms with Crippen molar-refractivity contribution in [1.82, 2.24) is 20.3 Å². The molecule has 0 atom stereocenters. The Morgan fingerprint density at radius 2 is 2.62 bits per heavy atom. The largest absolute Gasteiger partial charge is 0.311 e. The molecule has 1 rings (SSSR count). The fourth-order valence-electron chi connectivity index (χ4n) is 0.343. The summed E-state index contributed by atoms with van der Waals surface area (Å²) in [4.78, 5) is 1.43. The first-order valence-corrected chi connectivity index (χ1v) is 2.43. The van der Waals surface area contributed by atoms with Crippen LogP contribution in [0.25, 0.3) is 0 Å². The van der Waals surface area contributed by atoms with Crippen LogP contribution in [0.3, 0.4) is 0 Å². The lowest BCUT2D eigenvalue weighted by Gasteiger charge is -1.92. The van der Waals surface area contributed by atoms with Gasteiger partial charge in [0, 0.05) is 7.05 Å². The molecule has 2 N–H and O–H groups in total. The molecular formula is C2H5N5S. The molecule has 6 heteroatoms.